The molecule has 0 aliphatic carbocycles. The fourth-order valence-electron chi connectivity index (χ4n) is 2.88. The van der Waals surface area contributed by atoms with Gasteiger partial charge < -0.3 is 24.6 Å². The second kappa shape index (κ2) is 10.00. The minimum atomic E-state index is 0. The summed E-state index contributed by atoms with van der Waals surface area (Å²) in [5.41, 5.74) is 0. The Morgan fingerprint density at radius 1 is 1.29 bits per heavy atom. The molecule has 24 heavy (non-hydrogen) atoms. The Morgan fingerprint density at radius 3 is 2.75 bits per heavy atom. The molecule has 0 bridgehead atoms. The average molecular weight is 447 g/mol. The Kier molecular flexibility index (Phi) is 8.00. The van der Waals surface area contributed by atoms with Crippen LogP contribution in [-0.2, 0) is 9.47 Å². The predicted molar refractivity (Wildman–Crippen MR) is 105 cm³/mol. The first-order valence-electron chi connectivity index (χ1n) is 8.18. The highest BCUT2D eigenvalue weighted by Gasteiger charge is 2.21. The molecule has 0 saturated carbocycles. The predicted octanol–water partition coefficient (Wildman–Crippen LogP) is 0.812. The Labute approximate surface area is 160 Å². The number of nitrogens with zero attached hydrogens (tertiary/aromatic N) is 4. The highest BCUT2D eigenvalue weighted by molar-refractivity contribution is 14.0. The molecule has 3 rings (SSSR count). The molecule has 1 N–H and O–H groups in total. The minimum absolute atomic E-state index is 0. The molecule has 134 valence electrons. The Balaban J connectivity index is 0.00000208. The zero-order chi connectivity index (χ0) is 15.9. The second-order valence-electron chi connectivity index (χ2n) is 5.66. The number of ether oxygens (including phenoxy) is 2. The van der Waals surface area contributed by atoms with Crippen LogP contribution in [0.3, 0.4) is 0 Å². The summed E-state index contributed by atoms with van der Waals surface area (Å²) >= 11 is 0. The Morgan fingerprint density at radius 2 is 2.12 bits per heavy atom. The van der Waals surface area contributed by atoms with Gasteiger partial charge in [0.2, 0.25) is 0 Å². The quantitative estimate of drug-likeness (QED) is 0.421. The van der Waals surface area contributed by atoms with Gasteiger partial charge >= 0.3 is 0 Å². The van der Waals surface area contributed by atoms with Crippen LogP contribution in [0.4, 0.5) is 5.82 Å². The van der Waals surface area contributed by atoms with Crippen molar-refractivity contribution < 1.29 is 9.47 Å². The van der Waals surface area contributed by atoms with Crippen molar-refractivity contribution in [2.45, 2.75) is 6.10 Å². The van der Waals surface area contributed by atoms with Crippen molar-refractivity contribution in [1.82, 2.24) is 15.2 Å². The monoisotopic (exact) mass is 447 g/mol. The molecule has 0 spiro atoms. The van der Waals surface area contributed by atoms with Gasteiger partial charge in [-0.25, -0.2) is 4.98 Å². The standard InChI is InChI=1S/C16H25N5O2.HI/c1-17-16(19-12-14-13-22-10-11-23-14)21-8-6-20(7-9-21)15-4-2-3-5-18-15;/h2-5,14H,6-13H2,1H3,(H,17,19);1H. The molecule has 7 nitrogen and oxygen atoms in total. The first-order valence-corrected chi connectivity index (χ1v) is 8.18. The third kappa shape index (κ3) is 5.18. The summed E-state index contributed by atoms with van der Waals surface area (Å²) in [6, 6.07) is 6.03. The lowest BCUT2D eigenvalue weighted by molar-refractivity contribution is -0.0851. The summed E-state index contributed by atoms with van der Waals surface area (Å²) in [5.74, 6) is 1.97. The molecule has 0 radical (unpaired) electrons. The third-order valence-electron chi connectivity index (χ3n) is 4.14. The van der Waals surface area contributed by atoms with Gasteiger partial charge in [0, 0.05) is 46.0 Å². The maximum absolute atomic E-state index is 5.66. The molecule has 3 heterocycles. The van der Waals surface area contributed by atoms with Crippen LogP contribution in [0.15, 0.2) is 29.4 Å². The molecule has 2 aliphatic heterocycles. The van der Waals surface area contributed by atoms with Crippen molar-refractivity contribution in [1.29, 1.82) is 0 Å². The summed E-state index contributed by atoms with van der Waals surface area (Å²) in [7, 11) is 1.83. The largest absolute Gasteiger partial charge is 0.376 e. The summed E-state index contributed by atoms with van der Waals surface area (Å²) in [6.07, 6.45) is 1.95. The average Bonchev–Trinajstić information content (AvgIpc) is 2.64. The topological polar surface area (TPSA) is 62.2 Å². The fourth-order valence-corrected chi connectivity index (χ4v) is 2.88. The SMILES string of the molecule is CN=C(NCC1COCCO1)N1CCN(c2ccccn2)CC1.I. The van der Waals surface area contributed by atoms with E-state index in [1.165, 1.54) is 0 Å². The molecule has 1 unspecified atom stereocenters. The smallest absolute Gasteiger partial charge is 0.193 e. The van der Waals surface area contributed by atoms with E-state index in [0.717, 1.165) is 44.5 Å². The van der Waals surface area contributed by atoms with E-state index >= 15 is 0 Å². The van der Waals surface area contributed by atoms with E-state index in [9.17, 15) is 0 Å². The first-order chi connectivity index (χ1) is 11.4. The van der Waals surface area contributed by atoms with Gasteiger partial charge in [0.05, 0.1) is 25.9 Å². The van der Waals surface area contributed by atoms with Crippen molar-refractivity contribution in [2.75, 3.05) is 64.5 Å². The van der Waals surface area contributed by atoms with Gasteiger partial charge in [0.15, 0.2) is 5.96 Å². The molecule has 2 aliphatic rings. The van der Waals surface area contributed by atoms with Crippen molar-refractivity contribution in [3.05, 3.63) is 24.4 Å². The van der Waals surface area contributed by atoms with Crippen molar-refractivity contribution >= 4 is 35.8 Å². The number of anilines is 1. The molecular formula is C16H26IN5O2. The molecule has 2 saturated heterocycles. The van der Waals surface area contributed by atoms with Crippen LogP contribution in [0.1, 0.15) is 0 Å². The normalized spacial score (nSPS) is 22.0. The van der Waals surface area contributed by atoms with Crippen LogP contribution < -0.4 is 10.2 Å². The molecule has 8 heteroatoms. The Hall–Kier alpha value is -1.13. The van der Waals surface area contributed by atoms with Crippen LogP contribution in [0.2, 0.25) is 0 Å². The minimum Gasteiger partial charge on any atom is -0.376 e. The molecular weight excluding hydrogens is 421 g/mol. The highest BCUT2D eigenvalue weighted by atomic mass is 127. The van der Waals surface area contributed by atoms with Gasteiger partial charge in [-0.15, -0.1) is 24.0 Å². The summed E-state index contributed by atoms with van der Waals surface area (Å²) in [6.45, 7) is 6.50. The van der Waals surface area contributed by atoms with E-state index in [1.807, 2.05) is 25.4 Å². The number of hydrogen-bond acceptors (Lipinski definition) is 5. The number of nitrogens with one attached hydrogen (secondary N) is 1. The number of aromatic nitrogens is 1. The van der Waals surface area contributed by atoms with E-state index in [2.05, 4.69) is 31.2 Å². The number of pyridine rings is 1. The van der Waals surface area contributed by atoms with Crippen LogP contribution in [-0.4, -0.2) is 81.5 Å². The van der Waals surface area contributed by atoms with Crippen LogP contribution >= 0.6 is 24.0 Å². The van der Waals surface area contributed by atoms with E-state index in [-0.39, 0.29) is 30.1 Å². The number of hydrogen-bond donors (Lipinski definition) is 1. The van der Waals surface area contributed by atoms with Gasteiger partial charge in [-0.05, 0) is 12.1 Å². The zero-order valence-corrected chi connectivity index (χ0v) is 16.4. The van der Waals surface area contributed by atoms with Gasteiger partial charge in [0.1, 0.15) is 5.82 Å². The van der Waals surface area contributed by atoms with E-state index in [0.29, 0.717) is 19.8 Å². The van der Waals surface area contributed by atoms with E-state index in [4.69, 9.17) is 9.47 Å². The molecule has 1 aromatic heterocycles. The van der Waals surface area contributed by atoms with Gasteiger partial charge in [0.25, 0.3) is 0 Å². The van der Waals surface area contributed by atoms with Crippen molar-refractivity contribution in [3.8, 4) is 0 Å². The number of halogens is 1. The number of piperazine rings is 1. The lowest BCUT2D eigenvalue weighted by Crippen LogP contribution is -2.54. The molecule has 0 aromatic carbocycles. The van der Waals surface area contributed by atoms with Gasteiger partial charge in [-0.3, -0.25) is 4.99 Å². The van der Waals surface area contributed by atoms with Crippen molar-refractivity contribution in [3.63, 3.8) is 0 Å². The highest BCUT2D eigenvalue weighted by Crippen LogP contribution is 2.12. The summed E-state index contributed by atoms with van der Waals surface area (Å²) in [4.78, 5) is 13.4. The lowest BCUT2D eigenvalue weighted by atomic mass is 10.3. The molecule has 0 amide bonds. The van der Waals surface area contributed by atoms with Crippen molar-refractivity contribution in [2.24, 2.45) is 4.99 Å². The fraction of sp³-hybridized carbons (Fsp3) is 0.625. The molecule has 1 aromatic rings. The van der Waals surface area contributed by atoms with Crippen LogP contribution in [0, 0.1) is 0 Å². The van der Waals surface area contributed by atoms with E-state index < -0.39 is 0 Å². The summed E-state index contributed by atoms with van der Waals surface area (Å²) in [5, 5.41) is 3.40. The second-order valence-corrected chi connectivity index (χ2v) is 5.66. The first kappa shape index (κ1) is 19.2. The summed E-state index contributed by atoms with van der Waals surface area (Å²) < 4.78 is 11.1. The van der Waals surface area contributed by atoms with Gasteiger partial charge in [-0.2, -0.15) is 0 Å². The number of rotatable bonds is 3. The molecule has 1 atom stereocenters. The van der Waals surface area contributed by atoms with Gasteiger partial charge in [-0.1, -0.05) is 6.07 Å². The number of aliphatic imine (C=N–C) groups is 1. The van der Waals surface area contributed by atoms with Crippen LogP contribution in [0.25, 0.3) is 0 Å². The third-order valence-corrected chi connectivity index (χ3v) is 4.14. The maximum Gasteiger partial charge on any atom is 0.193 e. The maximum atomic E-state index is 5.66. The lowest BCUT2D eigenvalue weighted by Gasteiger charge is -2.37. The zero-order valence-electron chi connectivity index (χ0n) is 14.1. The molecule has 2 fully saturated rings. The number of guanidine groups is 1. The van der Waals surface area contributed by atoms with Crippen LogP contribution in [0.5, 0.6) is 0 Å². The Bertz CT molecular complexity index is 502. The van der Waals surface area contributed by atoms with E-state index in [1.54, 1.807) is 0 Å².